The maximum atomic E-state index is 12.8. The lowest BCUT2D eigenvalue weighted by atomic mass is 10.1. The first kappa shape index (κ1) is 24.2. The number of carbonyl (C=O) groups is 2. The average Bonchev–Trinajstić information content (AvgIpc) is 2.87. The molecule has 1 aliphatic rings. The van der Waals surface area contributed by atoms with Crippen LogP contribution in [0, 0.1) is 11.3 Å². The number of fused-ring (bicyclic) bond motifs is 1. The molecule has 1 saturated heterocycles. The fourth-order valence-corrected chi connectivity index (χ4v) is 4.39. The highest BCUT2D eigenvalue weighted by Crippen LogP contribution is 2.29. The zero-order chi connectivity index (χ0) is 25.1. The number of benzene rings is 1. The number of nitrogens with one attached hydrogen (secondary N) is 1. The van der Waals surface area contributed by atoms with E-state index in [0.29, 0.717) is 46.9 Å². The quantitative estimate of drug-likeness (QED) is 0.489. The molecule has 1 aliphatic heterocycles. The van der Waals surface area contributed by atoms with E-state index in [-0.39, 0.29) is 30.0 Å². The number of anilines is 1. The molecule has 0 aliphatic carbocycles. The van der Waals surface area contributed by atoms with Gasteiger partial charge in [-0.05, 0) is 18.2 Å². The lowest BCUT2D eigenvalue weighted by Gasteiger charge is -2.40. The summed E-state index contributed by atoms with van der Waals surface area (Å²) in [6, 6.07) is 10.6. The minimum atomic E-state index is -1.03. The van der Waals surface area contributed by atoms with Crippen LogP contribution in [0.3, 0.4) is 0 Å². The highest BCUT2D eigenvalue weighted by atomic mass is 35.5. The van der Waals surface area contributed by atoms with E-state index in [4.69, 9.17) is 11.6 Å². The van der Waals surface area contributed by atoms with Crippen molar-refractivity contribution in [3.8, 4) is 11.8 Å². The summed E-state index contributed by atoms with van der Waals surface area (Å²) >= 11 is 6.14. The molecule has 1 aromatic carbocycles. The van der Waals surface area contributed by atoms with Crippen molar-refractivity contribution in [3.05, 3.63) is 58.9 Å². The van der Waals surface area contributed by atoms with Crippen molar-refractivity contribution in [1.29, 1.82) is 5.26 Å². The molecule has 35 heavy (non-hydrogen) atoms. The Labute approximate surface area is 206 Å². The standard InChI is InChI=1S/C24H23ClN6O4/c1-14(33)31-9-8-30(12-15(31)13-32)21-7-6-17-20(28-21)11-27-22(23(17)34)24(35)29-19(10-26)16-4-2-3-5-18(16)25/h2-7,11,15,19,32,34H,8-9,12-13H2,1H3,(H,29,35)/t15?,19-/m0/s1. The number of hydrogen-bond acceptors (Lipinski definition) is 8. The molecule has 2 aromatic heterocycles. The van der Waals surface area contributed by atoms with Gasteiger partial charge in [0.05, 0.1) is 30.4 Å². The molecule has 2 atom stereocenters. The van der Waals surface area contributed by atoms with Crippen molar-refractivity contribution in [2.24, 2.45) is 0 Å². The first-order valence-electron chi connectivity index (χ1n) is 10.9. The fourth-order valence-electron chi connectivity index (χ4n) is 4.14. The lowest BCUT2D eigenvalue weighted by Crippen LogP contribution is -2.56. The average molecular weight is 495 g/mol. The monoisotopic (exact) mass is 494 g/mol. The van der Waals surface area contributed by atoms with Gasteiger partial charge in [0.2, 0.25) is 5.91 Å². The number of pyridine rings is 2. The van der Waals surface area contributed by atoms with E-state index in [1.807, 2.05) is 11.0 Å². The van der Waals surface area contributed by atoms with E-state index in [2.05, 4.69) is 15.3 Å². The second-order valence-corrected chi connectivity index (χ2v) is 8.52. The summed E-state index contributed by atoms with van der Waals surface area (Å²) in [5, 5.41) is 33.1. The van der Waals surface area contributed by atoms with Gasteiger partial charge in [0, 0.05) is 42.5 Å². The minimum Gasteiger partial charge on any atom is -0.505 e. The molecule has 0 bridgehead atoms. The highest BCUT2D eigenvalue weighted by Gasteiger charge is 2.29. The molecule has 1 unspecified atom stereocenters. The van der Waals surface area contributed by atoms with Crippen LogP contribution in [0.15, 0.2) is 42.6 Å². The Kier molecular flexibility index (Phi) is 7.00. The summed E-state index contributed by atoms with van der Waals surface area (Å²) in [5.41, 5.74) is 0.562. The van der Waals surface area contributed by atoms with Gasteiger partial charge in [-0.15, -0.1) is 0 Å². The third-order valence-electron chi connectivity index (χ3n) is 5.96. The highest BCUT2D eigenvalue weighted by molar-refractivity contribution is 6.31. The predicted octanol–water partition coefficient (Wildman–Crippen LogP) is 2.01. The molecular formula is C24H23ClN6O4. The van der Waals surface area contributed by atoms with Crippen LogP contribution in [0.1, 0.15) is 29.0 Å². The number of aromatic nitrogens is 2. The zero-order valence-corrected chi connectivity index (χ0v) is 19.6. The maximum Gasteiger partial charge on any atom is 0.275 e. The molecule has 0 spiro atoms. The molecule has 1 fully saturated rings. The number of amides is 2. The van der Waals surface area contributed by atoms with E-state index in [1.54, 1.807) is 41.3 Å². The Morgan fingerprint density at radius 2 is 2.06 bits per heavy atom. The smallest absolute Gasteiger partial charge is 0.275 e. The van der Waals surface area contributed by atoms with Crippen molar-refractivity contribution in [2.45, 2.75) is 19.0 Å². The second-order valence-electron chi connectivity index (χ2n) is 8.11. The summed E-state index contributed by atoms with van der Waals surface area (Å²) in [5.74, 6) is -0.584. The predicted molar refractivity (Wildman–Crippen MR) is 129 cm³/mol. The third kappa shape index (κ3) is 4.82. The van der Waals surface area contributed by atoms with Crippen LogP contribution in [0.2, 0.25) is 5.02 Å². The second kappa shape index (κ2) is 10.1. The summed E-state index contributed by atoms with van der Waals surface area (Å²) < 4.78 is 0. The van der Waals surface area contributed by atoms with Crippen LogP contribution in [0.25, 0.3) is 10.9 Å². The molecule has 3 N–H and O–H groups in total. The Balaban J connectivity index is 1.57. The van der Waals surface area contributed by atoms with Gasteiger partial charge in [-0.3, -0.25) is 9.59 Å². The van der Waals surface area contributed by atoms with Gasteiger partial charge in [-0.2, -0.15) is 5.26 Å². The number of nitrogens with zero attached hydrogens (tertiary/aromatic N) is 5. The third-order valence-corrected chi connectivity index (χ3v) is 6.31. The van der Waals surface area contributed by atoms with E-state index in [0.717, 1.165) is 0 Å². The van der Waals surface area contributed by atoms with Gasteiger partial charge >= 0.3 is 0 Å². The number of nitriles is 1. The minimum absolute atomic E-state index is 0.0942. The van der Waals surface area contributed by atoms with Crippen LogP contribution in [-0.4, -0.2) is 69.2 Å². The van der Waals surface area contributed by atoms with Gasteiger partial charge in [0.25, 0.3) is 5.91 Å². The topological polar surface area (TPSA) is 143 Å². The lowest BCUT2D eigenvalue weighted by molar-refractivity contribution is -0.132. The zero-order valence-electron chi connectivity index (χ0n) is 18.8. The number of rotatable bonds is 5. The number of hydrogen-bond donors (Lipinski definition) is 3. The number of aliphatic hydroxyl groups is 1. The number of piperazine rings is 1. The SMILES string of the molecule is CC(=O)N1CCN(c2ccc3c(O)c(C(=O)N[C@@H](C#N)c4ccccc4Cl)ncc3n2)CC1CO. The van der Waals surface area contributed by atoms with Gasteiger partial charge in [-0.25, -0.2) is 9.97 Å². The van der Waals surface area contributed by atoms with Crippen molar-refractivity contribution < 1.29 is 19.8 Å². The van der Waals surface area contributed by atoms with Gasteiger partial charge in [0.1, 0.15) is 11.9 Å². The largest absolute Gasteiger partial charge is 0.505 e. The van der Waals surface area contributed by atoms with Crippen LogP contribution in [0.4, 0.5) is 5.82 Å². The summed E-state index contributed by atoms with van der Waals surface area (Å²) in [4.78, 5) is 36.8. The molecule has 3 aromatic rings. The number of aliphatic hydroxyl groups excluding tert-OH is 1. The normalized spacial score (nSPS) is 16.6. The van der Waals surface area contributed by atoms with E-state index < -0.39 is 11.9 Å². The van der Waals surface area contributed by atoms with Crippen LogP contribution < -0.4 is 10.2 Å². The molecule has 0 radical (unpaired) electrons. The fraction of sp³-hybridized carbons (Fsp3) is 0.292. The molecule has 3 heterocycles. The van der Waals surface area contributed by atoms with Crippen molar-refractivity contribution in [2.75, 3.05) is 31.1 Å². The first-order valence-corrected chi connectivity index (χ1v) is 11.3. The van der Waals surface area contributed by atoms with E-state index in [1.165, 1.54) is 13.1 Å². The number of halogens is 1. The van der Waals surface area contributed by atoms with Crippen molar-refractivity contribution in [3.63, 3.8) is 0 Å². The van der Waals surface area contributed by atoms with Crippen molar-refractivity contribution >= 4 is 40.1 Å². The Hall–Kier alpha value is -3.94. The summed E-state index contributed by atoms with van der Waals surface area (Å²) in [6.45, 7) is 2.71. The number of carbonyl (C=O) groups excluding carboxylic acids is 2. The molecule has 4 rings (SSSR count). The van der Waals surface area contributed by atoms with Gasteiger partial charge in [0.15, 0.2) is 11.4 Å². The van der Waals surface area contributed by atoms with Crippen LogP contribution in [0.5, 0.6) is 5.75 Å². The number of aromatic hydroxyl groups is 1. The first-order chi connectivity index (χ1) is 16.8. The molecule has 180 valence electrons. The van der Waals surface area contributed by atoms with Crippen LogP contribution in [-0.2, 0) is 4.79 Å². The van der Waals surface area contributed by atoms with Crippen LogP contribution >= 0.6 is 11.6 Å². The molecule has 0 saturated carbocycles. The molecular weight excluding hydrogens is 472 g/mol. The van der Waals surface area contributed by atoms with Crippen molar-refractivity contribution in [1.82, 2.24) is 20.2 Å². The van der Waals surface area contributed by atoms with E-state index in [9.17, 15) is 25.1 Å². The Morgan fingerprint density at radius 3 is 2.74 bits per heavy atom. The van der Waals surface area contributed by atoms with Gasteiger partial charge in [-0.1, -0.05) is 29.8 Å². The summed E-state index contributed by atoms with van der Waals surface area (Å²) in [7, 11) is 0. The Bertz CT molecular complexity index is 1330. The van der Waals surface area contributed by atoms with Gasteiger partial charge < -0.3 is 25.3 Å². The molecule has 11 heteroatoms. The molecule has 10 nitrogen and oxygen atoms in total. The molecule has 2 amide bonds. The Morgan fingerprint density at radius 1 is 1.29 bits per heavy atom. The van der Waals surface area contributed by atoms with E-state index >= 15 is 0 Å². The summed E-state index contributed by atoms with van der Waals surface area (Å²) in [6.07, 6.45) is 1.37. The maximum absolute atomic E-state index is 12.8.